The van der Waals surface area contributed by atoms with E-state index in [1.807, 2.05) is 6.07 Å². The third-order valence-electron chi connectivity index (χ3n) is 7.93. The van der Waals surface area contributed by atoms with E-state index in [-0.39, 0.29) is 23.4 Å². The molecule has 2 atom stereocenters. The second kappa shape index (κ2) is 8.23. The summed E-state index contributed by atoms with van der Waals surface area (Å²) in [5, 5.41) is 11.0. The fourth-order valence-electron chi connectivity index (χ4n) is 5.97. The Balaban J connectivity index is 1.46. The molecular formula is C27H29FN4O4. The van der Waals surface area contributed by atoms with Crippen LogP contribution in [0.25, 0.3) is 10.9 Å². The summed E-state index contributed by atoms with van der Waals surface area (Å²) in [6, 6.07) is 8.76. The standard InChI is InChI=1S/C27H29FN4O4/c1-27-15-19-18-13-22(36-2)20(28)14-21(18)29-23(19)24(16-6-3-7-17(33)12-16)32(27)26(35)31(25(27)34)11-5-10-30-8-4-9-30/h3,6-7,12-14,24,29,33H,4-5,8-11,15H2,1-2H3/t24-,27+/m1/s1. The van der Waals surface area contributed by atoms with Crippen molar-refractivity contribution in [3.8, 4) is 11.5 Å². The number of carbonyl (C=O) groups is 2. The number of phenols is 1. The van der Waals surface area contributed by atoms with E-state index in [2.05, 4.69) is 9.88 Å². The van der Waals surface area contributed by atoms with Crippen LogP contribution in [0.15, 0.2) is 36.4 Å². The molecular weight excluding hydrogens is 463 g/mol. The van der Waals surface area contributed by atoms with Crippen molar-refractivity contribution in [3.63, 3.8) is 0 Å². The molecule has 8 nitrogen and oxygen atoms in total. The van der Waals surface area contributed by atoms with E-state index in [0.717, 1.165) is 37.0 Å². The molecule has 2 saturated heterocycles. The molecule has 0 aliphatic carbocycles. The molecule has 4 heterocycles. The molecule has 3 amide bonds. The molecule has 0 saturated carbocycles. The highest BCUT2D eigenvalue weighted by atomic mass is 19.1. The Morgan fingerprint density at radius 3 is 2.69 bits per heavy atom. The number of rotatable bonds is 6. The predicted octanol–water partition coefficient (Wildman–Crippen LogP) is 3.79. The van der Waals surface area contributed by atoms with Gasteiger partial charge >= 0.3 is 6.03 Å². The van der Waals surface area contributed by atoms with Crippen molar-refractivity contribution < 1.29 is 23.8 Å². The molecule has 188 valence electrons. The van der Waals surface area contributed by atoms with Crippen molar-refractivity contribution in [3.05, 3.63) is 59.0 Å². The molecule has 2 aromatic carbocycles. The Bertz CT molecular complexity index is 1380. The van der Waals surface area contributed by atoms with Gasteiger partial charge in [-0.3, -0.25) is 14.6 Å². The van der Waals surface area contributed by atoms with Crippen LogP contribution in [0.3, 0.4) is 0 Å². The number of nitrogens with one attached hydrogen (secondary N) is 1. The summed E-state index contributed by atoms with van der Waals surface area (Å²) in [6.07, 6.45) is 2.21. The number of hydrogen-bond acceptors (Lipinski definition) is 5. The first-order valence-electron chi connectivity index (χ1n) is 12.4. The highest BCUT2D eigenvalue weighted by Gasteiger charge is 2.60. The SMILES string of the molecule is COc1cc2c3c([nH]c2cc1F)[C@@H](c1cccc(O)c1)N1C(=O)N(CCCN2CCC2)C(=O)[C@]1(C)C3. The van der Waals surface area contributed by atoms with Gasteiger partial charge < -0.3 is 19.7 Å². The first-order chi connectivity index (χ1) is 17.3. The number of hydrogen-bond donors (Lipinski definition) is 2. The van der Waals surface area contributed by atoms with Crippen LogP contribution in [0.2, 0.25) is 0 Å². The number of carbonyl (C=O) groups excluding carboxylic acids is 2. The summed E-state index contributed by atoms with van der Waals surface area (Å²) in [5.74, 6) is -0.540. The number of likely N-dealkylation sites (tertiary alicyclic amines) is 1. The summed E-state index contributed by atoms with van der Waals surface area (Å²) in [6.45, 7) is 5.16. The average Bonchev–Trinajstić information content (AvgIpc) is 3.25. The Kier molecular flexibility index (Phi) is 5.22. The van der Waals surface area contributed by atoms with Gasteiger partial charge in [-0.15, -0.1) is 0 Å². The second-order valence-electron chi connectivity index (χ2n) is 10.2. The summed E-state index contributed by atoms with van der Waals surface area (Å²) < 4.78 is 19.8. The fraction of sp³-hybridized carbons (Fsp3) is 0.407. The predicted molar refractivity (Wildman–Crippen MR) is 131 cm³/mol. The minimum atomic E-state index is -1.12. The molecule has 3 aromatic rings. The Morgan fingerprint density at radius 1 is 1.19 bits per heavy atom. The van der Waals surface area contributed by atoms with Crippen molar-refractivity contribution in [2.75, 3.05) is 33.3 Å². The van der Waals surface area contributed by atoms with Crippen molar-refractivity contribution in [1.29, 1.82) is 0 Å². The Morgan fingerprint density at radius 2 is 2.00 bits per heavy atom. The topological polar surface area (TPSA) is 89.1 Å². The molecule has 0 bridgehead atoms. The number of aromatic amines is 1. The lowest BCUT2D eigenvalue weighted by molar-refractivity contribution is -0.133. The first kappa shape index (κ1) is 22.8. The minimum absolute atomic E-state index is 0.0644. The molecule has 9 heteroatoms. The quantitative estimate of drug-likeness (QED) is 0.511. The highest BCUT2D eigenvalue weighted by molar-refractivity contribution is 6.08. The largest absolute Gasteiger partial charge is 0.508 e. The number of urea groups is 1. The van der Waals surface area contributed by atoms with E-state index in [0.29, 0.717) is 29.7 Å². The summed E-state index contributed by atoms with van der Waals surface area (Å²) in [7, 11) is 1.42. The van der Waals surface area contributed by atoms with Crippen LogP contribution in [0.5, 0.6) is 11.5 Å². The van der Waals surface area contributed by atoms with Gasteiger partial charge in [-0.1, -0.05) is 12.1 Å². The van der Waals surface area contributed by atoms with Gasteiger partial charge in [-0.25, -0.2) is 9.18 Å². The van der Waals surface area contributed by atoms with Gasteiger partial charge in [0.1, 0.15) is 17.3 Å². The van der Waals surface area contributed by atoms with Gasteiger partial charge in [0.05, 0.1) is 7.11 Å². The molecule has 3 aliphatic rings. The average molecular weight is 493 g/mol. The van der Waals surface area contributed by atoms with Gasteiger partial charge in [0, 0.05) is 35.6 Å². The van der Waals surface area contributed by atoms with E-state index in [9.17, 15) is 19.1 Å². The summed E-state index contributed by atoms with van der Waals surface area (Å²) >= 11 is 0. The molecule has 3 aliphatic heterocycles. The van der Waals surface area contributed by atoms with Crippen LogP contribution in [0.4, 0.5) is 9.18 Å². The molecule has 0 unspecified atom stereocenters. The lowest BCUT2D eigenvalue weighted by atomic mass is 9.81. The second-order valence-corrected chi connectivity index (χ2v) is 10.2. The van der Waals surface area contributed by atoms with E-state index in [1.165, 1.54) is 24.5 Å². The number of methoxy groups -OCH3 is 1. The van der Waals surface area contributed by atoms with Crippen molar-refractivity contribution >= 4 is 22.8 Å². The van der Waals surface area contributed by atoms with Crippen molar-refractivity contribution in [2.24, 2.45) is 0 Å². The fourth-order valence-corrected chi connectivity index (χ4v) is 5.97. The number of amides is 3. The number of fused-ring (bicyclic) bond motifs is 4. The van der Waals surface area contributed by atoms with E-state index >= 15 is 0 Å². The molecule has 2 fully saturated rings. The maximum Gasteiger partial charge on any atom is 0.328 e. The maximum absolute atomic E-state index is 14.5. The van der Waals surface area contributed by atoms with Crippen LogP contribution >= 0.6 is 0 Å². The third-order valence-corrected chi connectivity index (χ3v) is 7.93. The smallest absolute Gasteiger partial charge is 0.328 e. The van der Waals surface area contributed by atoms with Gasteiger partial charge in [0.15, 0.2) is 11.6 Å². The van der Waals surface area contributed by atoms with E-state index in [4.69, 9.17) is 4.74 Å². The van der Waals surface area contributed by atoms with E-state index < -0.39 is 17.4 Å². The zero-order chi connectivity index (χ0) is 25.2. The number of halogens is 1. The van der Waals surface area contributed by atoms with Gasteiger partial charge in [0.25, 0.3) is 5.91 Å². The Labute approximate surface area is 208 Å². The number of H-pyrrole nitrogens is 1. The van der Waals surface area contributed by atoms with Crippen LogP contribution in [0, 0.1) is 5.82 Å². The lowest BCUT2D eigenvalue weighted by Gasteiger charge is -2.42. The molecule has 36 heavy (non-hydrogen) atoms. The summed E-state index contributed by atoms with van der Waals surface area (Å²) in [4.78, 5) is 36.3. The van der Waals surface area contributed by atoms with Crippen LogP contribution in [0.1, 0.15) is 42.6 Å². The molecule has 6 rings (SSSR count). The van der Waals surface area contributed by atoms with Crippen molar-refractivity contribution in [1.82, 2.24) is 19.7 Å². The molecule has 0 radical (unpaired) electrons. The van der Waals surface area contributed by atoms with E-state index in [1.54, 1.807) is 36.1 Å². The minimum Gasteiger partial charge on any atom is -0.508 e. The van der Waals surface area contributed by atoms with Gasteiger partial charge in [-0.2, -0.15) is 0 Å². The van der Waals surface area contributed by atoms with Gasteiger partial charge in [-0.05, 0) is 68.7 Å². The zero-order valence-corrected chi connectivity index (χ0v) is 20.4. The number of ether oxygens (including phenoxy) is 1. The molecule has 1 aromatic heterocycles. The molecule has 2 N–H and O–H groups in total. The number of aromatic nitrogens is 1. The highest BCUT2D eigenvalue weighted by Crippen LogP contribution is 2.49. The van der Waals surface area contributed by atoms with Crippen LogP contribution in [-0.2, 0) is 11.2 Å². The number of benzene rings is 2. The lowest BCUT2D eigenvalue weighted by Crippen LogP contribution is -2.53. The number of nitrogens with zero attached hydrogens (tertiary/aromatic N) is 3. The number of phenolic OH excluding ortho intramolecular Hbond substituents is 1. The monoisotopic (exact) mass is 492 g/mol. The maximum atomic E-state index is 14.5. The first-order valence-corrected chi connectivity index (χ1v) is 12.4. The number of imide groups is 1. The van der Waals surface area contributed by atoms with Gasteiger partial charge in [0.2, 0.25) is 0 Å². The zero-order valence-electron chi connectivity index (χ0n) is 20.4. The summed E-state index contributed by atoms with van der Waals surface area (Å²) in [5.41, 5.74) is 1.68. The van der Waals surface area contributed by atoms with Crippen LogP contribution < -0.4 is 4.74 Å². The van der Waals surface area contributed by atoms with Crippen LogP contribution in [-0.4, -0.2) is 75.6 Å². The number of aromatic hydroxyl groups is 1. The van der Waals surface area contributed by atoms with Crippen molar-refractivity contribution in [2.45, 2.75) is 37.8 Å². The third kappa shape index (κ3) is 3.29. The molecule has 0 spiro atoms. The normalized spacial score (nSPS) is 23.7. The Hall–Kier alpha value is -3.59.